The predicted octanol–water partition coefficient (Wildman–Crippen LogP) is 5.53. The van der Waals surface area contributed by atoms with E-state index in [1.54, 1.807) is 6.07 Å². The summed E-state index contributed by atoms with van der Waals surface area (Å²) in [6.45, 7) is 0. The summed E-state index contributed by atoms with van der Waals surface area (Å²) >= 11 is 5.87. The van der Waals surface area contributed by atoms with Crippen LogP contribution in [0.2, 0.25) is 5.02 Å². The molecule has 0 radical (unpaired) electrons. The normalized spacial score (nSPS) is 14.7. The van der Waals surface area contributed by atoms with Gasteiger partial charge in [-0.05, 0) is 48.7 Å². The summed E-state index contributed by atoms with van der Waals surface area (Å²) in [5.74, 6) is -1.19. The zero-order chi connectivity index (χ0) is 24.0. The van der Waals surface area contributed by atoms with Crippen molar-refractivity contribution in [2.75, 3.05) is 10.5 Å². The van der Waals surface area contributed by atoms with Crippen LogP contribution in [0.1, 0.15) is 31.7 Å². The third-order valence-electron chi connectivity index (χ3n) is 6.06. The molecule has 0 amide bonds. The average Bonchev–Trinajstić information content (AvgIpc) is 3.43. The summed E-state index contributed by atoms with van der Waals surface area (Å²) < 4.78 is 58.0. The minimum atomic E-state index is -4.24. The second-order valence-corrected chi connectivity index (χ2v) is 10.3. The molecule has 0 saturated heterocycles. The van der Waals surface area contributed by atoms with E-state index in [0.717, 1.165) is 43.9 Å². The zero-order valence-corrected chi connectivity index (χ0v) is 19.4. The van der Waals surface area contributed by atoms with E-state index in [4.69, 9.17) is 17.3 Å². The van der Waals surface area contributed by atoms with Gasteiger partial charge in [-0.1, -0.05) is 30.5 Å². The van der Waals surface area contributed by atoms with Gasteiger partial charge in [-0.2, -0.15) is 0 Å². The molecule has 2 aromatic carbocycles. The molecule has 0 unspecified atom stereocenters. The molecule has 7 nitrogen and oxygen atoms in total. The molecular weight excluding hydrogens is 484 g/mol. The van der Waals surface area contributed by atoms with Crippen LogP contribution < -0.4 is 10.5 Å². The Morgan fingerprint density at radius 2 is 1.85 bits per heavy atom. The molecule has 1 saturated carbocycles. The van der Waals surface area contributed by atoms with E-state index in [1.165, 1.54) is 18.5 Å². The Morgan fingerprint density at radius 3 is 2.56 bits per heavy atom. The van der Waals surface area contributed by atoms with Gasteiger partial charge in [0.1, 0.15) is 34.3 Å². The number of hydrogen-bond donors (Lipinski definition) is 2. The first-order valence-electron chi connectivity index (χ1n) is 10.6. The van der Waals surface area contributed by atoms with Gasteiger partial charge in [0.2, 0.25) is 0 Å². The van der Waals surface area contributed by atoms with Gasteiger partial charge in [0.25, 0.3) is 10.0 Å². The van der Waals surface area contributed by atoms with Gasteiger partial charge in [-0.25, -0.2) is 27.2 Å². The minimum absolute atomic E-state index is 0.270. The van der Waals surface area contributed by atoms with Crippen molar-refractivity contribution in [1.29, 1.82) is 0 Å². The maximum absolute atomic E-state index is 15.1. The molecule has 1 aliphatic rings. The molecule has 5 rings (SSSR count). The van der Waals surface area contributed by atoms with Crippen LogP contribution in [0.5, 0.6) is 0 Å². The molecular formula is C23H20ClF2N5O2S. The highest BCUT2D eigenvalue weighted by molar-refractivity contribution is 7.92. The van der Waals surface area contributed by atoms with Crippen molar-refractivity contribution < 1.29 is 17.2 Å². The van der Waals surface area contributed by atoms with Crippen molar-refractivity contribution in [1.82, 2.24) is 14.5 Å². The van der Waals surface area contributed by atoms with Crippen LogP contribution >= 0.6 is 11.6 Å². The summed E-state index contributed by atoms with van der Waals surface area (Å²) in [6.07, 6.45) is 7.61. The third-order valence-corrected chi connectivity index (χ3v) is 7.91. The largest absolute Gasteiger partial charge is 0.383 e. The Balaban J connectivity index is 1.53. The van der Waals surface area contributed by atoms with E-state index in [1.807, 2.05) is 6.20 Å². The number of hydrogen-bond acceptors (Lipinski definition) is 5. The number of benzene rings is 2. The Kier molecular flexibility index (Phi) is 5.65. The van der Waals surface area contributed by atoms with Crippen LogP contribution in [-0.4, -0.2) is 23.0 Å². The molecule has 2 heterocycles. The van der Waals surface area contributed by atoms with E-state index in [2.05, 4.69) is 19.3 Å². The minimum Gasteiger partial charge on any atom is -0.383 e. The molecule has 0 aliphatic heterocycles. The Hall–Kier alpha value is -3.24. The van der Waals surface area contributed by atoms with Gasteiger partial charge in [0, 0.05) is 17.8 Å². The van der Waals surface area contributed by atoms with E-state index in [9.17, 15) is 12.8 Å². The lowest BCUT2D eigenvalue weighted by Crippen LogP contribution is -2.14. The molecule has 34 heavy (non-hydrogen) atoms. The van der Waals surface area contributed by atoms with Gasteiger partial charge in [-0.15, -0.1) is 0 Å². The van der Waals surface area contributed by atoms with Crippen LogP contribution in [0.25, 0.3) is 22.2 Å². The number of halogens is 3. The lowest BCUT2D eigenvalue weighted by molar-refractivity contribution is 0.532. The van der Waals surface area contributed by atoms with E-state index >= 15 is 4.39 Å². The van der Waals surface area contributed by atoms with E-state index in [0.29, 0.717) is 22.2 Å². The molecule has 1 fully saturated rings. The van der Waals surface area contributed by atoms with Crippen LogP contribution in [0.4, 0.5) is 20.3 Å². The fourth-order valence-electron chi connectivity index (χ4n) is 4.45. The van der Waals surface area contributed by atoms with Gasteiger partial charge in [0.15, 0.2) is 0 Å². The monoisotopic (exact) mass is 503 g/mol. The van der Waals surface area contributed by atoms with Crippen molar-refractivity contribution in [3.63, 3.8) is 0 Å². The Bertz CT molecular complexity index is 1520. The second-order valence-electron chi connectivity index (χ2n) is 8.22. The number of nitrogens with one attached hydrogen (secondary N) is 1. The van der Waals surface area contributed by atoms with Crippen molar-refractivity contribution in [2.45, 2.75) is 36.6 Å². The van der Waals surface area contributed by atoms with Crippen molar-refractivity contribution in [2.24, 2.45) is 0 Å². The number of rotatable bonds is 5. The molecule has 0 spiro atoms. The third kappa shape index (κ3) is 3.97. The highest BCUT2D eigenvalue weighted by Crippen LogP contribution is 2.39. The number of nitrogens with two attached hydrogens (primary N) is 1. The SMILES string of the molecule is Nc1ncnc2c1c(-c1ccc(NS(=O)(=O)c3ccc(F)cc3Cl)c(F)c1)cn2C1CCCC1. The Labute approximate surface area is 199 Å². The van der Waals surface area contributed by atoms with Crippen LogP contribution in [0.3, 0.4) is 0 Å². The summed E-state index contributed by atoms with van der Waals surface area (Å²) in [4.78, 5) is 8.16. The zero-order valence-electron chi connectivity index (χ0n) is 17.8. The lowest BCUT2D eigenvalue weighted by atomic mass is 10.1. The summed E-state index contributed by atoms with van der Waals surface area (Å²) in [6, 6.07) is 7.28. The standard InChI is InChI=1S/C23H20ClF2N5O2S/c24-17-10-14(25)6-8-20(17)34(32,33)30-19-7-5-13(9-18(19)26)16-11-31(15-3-1-2-4-15)23-21(16)22(27)28-12-29-23/h5-12,15,30H,1-4H2,(H2,27,28,29). The number of aromatic nitrogens is 3. The quantitative estimate of drug-likeness (QED) is 0.373. The lowest BCUT2D eigenvalue weighted by Gasteiger charge is -2.12. The maximum Gasteiger partial charge on any atom is 0.263 e. The van der Waals surface area contributed by atoms with Gasteiger partial charge in [-0.3, -0.25) is 4.72 Å². The average molecular weight is 504 g/mol. The van der Waals surface area contributed by atoms with E-state index < -0.39 is 21.7 Å². The molecule has 3 N–H and O–H groups in total. The number of fused-ring (bicyclic) bond motifs is 1. The summed E-state index contributed by atoms with van der Waals surface area (Å²) in [5.41, 5.74) is 7.74. The van der Waals surface area contributed by atoms with Crippen molar-refractivity contribution >= 4 is 44.2 Å². The topological polar surface area (TPSA) is 103 Å². The first kappa shape index (κ1) is 22.5. The van der Waals surface area contributed by atoms with Crippen molar-refractivity contribution in [3.05, 3.63) is 65.6 Å². The van der Waals surface area contributed by atoms with Crippen molar-refractivity contribution in [3.8, 4) is 11.1 Å². The highest BCUT2D eigenvalue weighted by atomic mass is 35.5. The van der Waals surface area contributed by atoms with Crippen LogP contribution in [0, 0.1) is 11.6 Å². The summed E-state index contributed by atoms with van der Waals surface area (Å²) in [7, 11) is -4.24. The smallest absolute Gasteiger partial charge is 0.263 e. The Morgan fingerprint density at radius 1 is 1.09 bits per heavy atom. The highest BCUT2D eigenvalue weighted by Gasteiger charge is 2.24. The van der Waals surface area contributed by atoms with E-state index in [-0.39, 0.29) is 27.5 Å². The first-order chi connectivity index (χ1) is 16.2. The first-order valence-corrected chi connectivity index (χ1v) is 12.5. The van der Waals surface area contributed by atoms with Gasteiger partial charge in [0.05, 0.1) is 16.1 Å². The number of anilines is 2. The fourth-order valence-corrected chi connectivity index (χ4v) is 6.05. The second kappa shape index (κ2) is 8.52. The molecule has 11 heteroatoms. The molecule has 0 atom stereocenters. The van der Waals surface area contributed by atoms with Gasteiger partial charge >= 0.3 is 0 Å². The number of nitrogens with zero attached hydrogens (tertiary/aromatic N) is 3. The molecule has 0 bridgehead atoms. The van der Waals surface area contributed by atoms with Gasteiger partial charge < -0.3 is 10.3 Å². The van der Waals surface area contributed by atoms with Crippen LogP contribution in [-0.2, 0) is 10.0 Å². The number of sulfonamides is 1. The number of nitrogen functional groups attached to an aromatic ring is 1. The molecule has 2 aromatic heterocycles. The molecule has 176 valence electrons. The fraction of sp³-hybridized carbons (Fsp3) is 0.217. The molecule has 1 aliphatic carbocycles. The predicted molar refractivity (Wildman–Crippen MR) is 127 cm³/mol. The summed E-state index contributed by atoms with van der Waals surface area (Å²) in [5, 5.41) is 0.319. The maximum atomic E-state index is 15.1. The molecule has 4 aromatic rings. The van der Waals surface area contributed by atoms with Crippen LogP contribution in [0.15, 0.2) is 53.8 Å².